The van der Waals surface area contributed by atoms with Gasteiger partial charge in [-0.3, -0.25) is 9.20 Å². The number of anilines is 1. The van der Waals surface area contributed by atoms with Crippen LogP contribution >= 0.6 is 11.3 Å². The molecule has 0 saturated heterocycles. The number of hydrogen-bond donors (Lipinski definition) is 1. The molecule has 1 fully saturated rings. The van der Waals surface area contributed by atoms with Gasteiger partial charge in [0.05, 0.1) is 31.3 Å². The van der Waals surface area contributed by atoms with Gasteiger partial charge in [0, 0.05) is 24.5 Å². The Morgan fingerprint density at radius 1 is 1.18 bits per heavy atom. The molecule has 9 nitrogen and oxygen atoms in total. The molecule has 1 saturated carbocycles. The van der Waals surface area contributed by atoms with Gasteiger partial charge in [0.15, 0.2) is 4.96 Å². The van der Waals surface area contributed by atoms with E-state index in [2.05, 4.69) is 15.0 Å². The number of carbonyl (C=O) groups excluding carboxylic acids is 3. The van der Waals surface area contributed by atoms with Crippen LogP contribution in [0.15, 0.2) is 30.0 Å². The number of benzene rings is 1. The predicted molar refractivity (Wildman–Crippen MR) is 130 cm³/mol. The highest BCUT2D eigenvalue weighted by Gasteiger charge is 2.27. The minimum absolute atomic E-state index is 0.0244. The molecule has 34 heavy (non-hydrogen) atoms. The van der Waals surface area contributed by atoms with E-state index in [9.17, 15) is 14.4 Å². The first-order chi connectivity index (χ1) is 16.3. The molecule has 0 unspecified atom stereocenters. The van der Waals surface area contributed by atoms with Crippen molar-refractivity contribution in [1.29, 1.82) is 0 Å². The third kappa shape index (κ3) is 4.50. The number of aryl methyl sites for hydroxylation is 1. The van der Waals surface area contributed by atoms with Crippen molar-refractivity contribution >= 4 is 50.9 Å². The number of amides is 1. The van der Waals surface area contributed by atoms with Gasteiger partial charge >= 0.3 is 11.9 Å². The van der Waals surface area contributed by atoms with Crippen molar-refractivity contribution in [2.45, 2.75) is 45.1 Å². The zero-order chi connectivity index (χ0) is 24.4. The third-order valence-electron chi connectivity index (χ3n) is 6.27. The van der Waals surface area contributed by atoms with Gasteiger partial charge in [0.25, 0.3) is 5.91 Å². The summed E-state index contributed by atoms with van der Waals surface area (Å²) in [5, 5.41) is 2.92. The van der Waals surface area contributed by atoms with Crippen LogP contribution in [0.4, 0.5) is 5.69 Å². The lowest BCUT2D eigenvalue weighted by molar-refractivity contribution is -0.138. The maximum Gasteiger partial charge on any atom is 0.354 e. The molecule has 0 spiro atoms. The lowest BCUT2D eigenvalue weighted by Crippen LogP contribution is -2.38. The van der Waals surface area contributed by atoms with E-state index in [-0.39, 0.29) is 17.6 Å². The number of carbonyl (C=O) groups is 3. The summed E-state index contributed by atoms with van der Waals surface area (Å²) in [6.45, 7) is 1.92. The molecular weight excluding hydrogens is 456 g/mol. The molecule has 1 N–H and O–H groups in total. The number of rotatable bonds is 6. The van der Waals surface area contributed by atoms with E-state index in [4.69, 9.17) is 4.74 Å². The number of hydrogen-bond acceptors (Lipinski definition) is 8. The Kier molecular flexibility index (Phi) is 6.87. The van der Waals surface area contributed by atoms with E-state index in [1.165, 1.54) is 32.0 Å². The summed E-state index contributed by atoms with van der Waals surface area (Å²) in [6, 6.07) is 5.67. The Morgan fingerprint density at radius 3 is 2.59 bits per heavy atom. The van der Waals surface area contributed by atoms with Crippen molar-refractivity contribution in [2.24, 2.45) is 0 Å². The molecule has 1 aliphatic carbocycles. The zero-order valence-corrected chi connectivity index (χ0v) is 20.5. The molecule has 0 aliphatic heterocycles. The van der Waals surface area contributed by atoms with Crippen LogP contribution in [0.5, 0.6) is 0 Å². The largest absolute Gasteiger partial charge is 0.466 e. The molecule has 10 heteroatoms. The van der Waals surface area contributed by atoms with Gasteiger partial charge in [0.1, 0.15) is 10.6 Å². The van der Waals surface area contributed by atoms with Crippen LogP contribution in [0.3, 0.4) is 0 Å². The summed E-state index contributed by atoms with van der Waals surface area (Å²) in [5.74, 6) is -1.36. The number of esters is 2. The van der Waals surface area contributed by atoms with E-state index in [0.29, 0.717) is 10.6 Å². The van der Waals surface area contributed by atoms with Gasteiger partial charge in [0.2, 0.25) is 0 Å². The molecule has 180 valence electrons. The van der Waals surface area contributed by atoms with Crippen molar-refractivity contribution in [3.8, 4) is 0 Å². The molecule has 0 atom stereocenters. The maximum atomic E-state index is 13.3. The fourth-order valence-corrected chi connectivity index (χ4v) is 5.49. The second-order valence-corrected chi connectivity index (χ2v) is 9.33. The Balaban J connectivity index is 1.68. The molecule has 2 aromatic heterocycles. The van der Waals surface area contributed by atoms with Crippen molar-refractivity contribution in [1.82, 2.24) is 14.3 Å². The molecule has 3 aromatic rings. The minimum atomic E-state index is -0.700. The highest BCUT2D eigenvalue weighted by atomic mass is 32.1. The van der Waals surface area contributed by atoms with Gasteiger partial charge < -0.3 is 19.7 Å². The van der Waals surface area contributed by atoms with Gasteiger partial charge in [-0.1, -0.05) is 30.6 Å². The third-order valence-corrected chi connectivity index (χ3v) is 7.40. The average Bonchev–Trinajstić information content (AvgIpc) is 3.38. The molecule has 1 amide bonds. The highest BCUT2D eigenvalue weighted by molar-refractivity contribution is 7.19. The van der Waals surface area contributed by atoms with E-state index in [1.807, 2.05) is 35.4 Å². The minimum Gasteiger partial charge on any atom is -0.466 e. The van der Waals surface area contributed by atoms with Gasteiger partial charge in [-0.15, -0.1) is 0 Å². The predicted octanol–water partition coefficient (Wildman–Crippen LogP) is 3.90. The van der Waals surface area contributed by atoms with Crippen LogP contribution in [0.2, 0.25) is 0 Å². The Morgan fingerprint density at radius 2 is 1.91 bits per heavy atom. The van der Waals surface area contributed by atoms with E-state index in [0.717, 1.165) is 53.4 Å². The second-order valence-electron chi connectivity index (χ2n) is 8.36. The number of nitrogens with zero attached hydrogens (tertiary/aromatic N) is 3. The summed E-state index contributed by atoms with van der Waals surface area (Å²) in [4.78, 5) is 45.0. The Labute approximate surface area is 201 Å². The average molecular weight is 485 g/mol. The number of thiazole rings is 1. The van der Waals surface area contributed by atoms with Crippen LogP contribution in [-0.2, 0) is 19.1 Å². The molecule has 0 bridgehead atoms. The van der Waals surface area contributed by atoms with E-state index >= 15 is 0 Å². The summed E-state index contributed by atoms with van der Waals surface area (Å²) in [7, 11) is 4.35. The van der Waals surface area contributed by atoms with Crippen molar-refractivity contribution in [3.63, 3.8) is 0 Å². The Bertz CT molecular complexity index is 1290. The van der Waals surface area contributed by atoms with Crippen LogP contribution in [0.25, 0.3) is 16.0 Å². The number of fused-ring (bicyclic) bond motifs is 3. The maximum absolute atomic E-state index is 13.3. The smallest absolute Gasteiger partial charge is 0.354 e. The highest BCUT2D eigenvalue weighted by Crippen LogP contribution is 2.31. The summed E-state index contributed by atoms with van der Waals surface area (Å²) < 4.78 is 11.3. The van der Waals surface area contributed by atoms with E-state index in [1.54, 1.807) is 6.07 Å². The first kappa shape index (κ1) is 23.7. The molecular formula is C24H28N4O5S. The number of nitrogens with one attached hydrogen (secondary N) is 1. The van der Waals surface area contributed by atoms with Gasteiger partial charge in [-0.25, -0.2) is 14.6 Å². The fraction of sp³-hybridized carbons (Fsp3) is 0.417. The number of methoxy groups -OCH3 is 2. The van der Waals surface area contributed by atoms with Crippen molar-refractivity contribution < 1.29 is 23.9 Å². The quantitative estimate of drug-likeness (QED) is 0.418. The van der Waals surface area contributed by atoms with E-state index < -0.39 is 11.9 Å². The standard InChI is InChI=1S/C24H28N4O5S/c1-14-21(22(30)27(2)16-8-6-5-7-9-16)34-24-26-17-11-10-15(12-19(17)28(14)24)25-18(23(31)33-4)13-20(29)32-3/h10-13,16,25H,5-9H2,1-4H3/b18-13+. The molecule has 1 aromatic carbocycles. The van der Waals surface area contributed by atoms with Gasteiger partial charge in [-0.05, 0) is 38.0 Å². The molecule has 2 heterocycles. The summed E-state index contributed by atoms with van der Waals surface area (Å²) >= 11 is 1.38. The molecule has 4 rings (SSSR count). The van der Waals surface area contributed by atoms with Crippen LogP contribution in [-0.4, -0.2) is 59.4 Å². The topological polar surface area (TPSA) is 102 Å². The summed E-state index contributed by atoms with van der Waals surface area (Å²) in [5.41, 5.74) is 2.88. The summed E-state index contributed by atoms with van der Waals surface area (Å²) in [6.07, 6.45) is 6.68. The Hall–Kier alpha value is -3.40. The van der Waals surface area contributed by atoms with Crippen molar-refractivity contribution in [3.05, 3.63) is 40.5 Å². The SMILES string of the molecule is COC(=O)/C=C(/Nc1ccc2nc3sc(C(=O)N(C)C4CCCCC4)c(C)n3c2c1)C(=O)OC. The van der Waals surface area contributed by atoms with Gasteiger partial charge in [-0.2, -0.15) is 0 Å². The fourth-order valence-electron chi connectivity index (χ4n) is 4.37. The number of imidazole rings is 1. The zero-order valence-electron chi connectivity index (χ0n) is 19.7. The first-order valence-corrected chi connectivity index (χ1v) is 12.0. The second kappa shape index (κ2) is 9.84. The monoisotopic (exact) mass is 484 g/mol. The number of aromatic nitrogens is 2. The first-order valence-electron chi connectivity index (χ1n) is 11.2. The van der Waals surface area contributed by atoms with Crippen LogP contribution in [0, 0.1) is 6.92 Å². The number of ether oxygens (including phenoxy) is 2. The van der Waals surface area contributed by atoms with Crippen molar-refractivity contribution in [2.75, 3.05) is 26.6 Å². The van der Waals surface area contributed by atoms with Crippen LogP contribution in [0.1, 0.15) is 47.5 Å². The lowest BCUT2D eigenvalue weighted by Gasteiger charge is -2.31. The lowest BCUT2D eigenvalue weighted by atomic mass is 9.94. The molecule has 1 aliphatic rings. The normalized spacial score (nSPS) is 14.9. The van der Waals surface area contributed by atoms with Crippen LogP contribution < -0.4 is 5.32 Å². The molecule has 0 radical (unpaired) electrons.